The molecule has 0 unspecified atom stereocenters. The van der Waals surface area contributed by atoms with Gasteiger partial charge in [0, 0.05) is 37.0 Å². The highest BCUT2D eigenvalue weighted by Crippen LogP contribution is 2.46. The molecule has 3 aliphatic rings. The molecule has 1 saturated heterocycles. The van der Waals surface area contributed by atoms with E-state index >= 15 is 0 Å². The molecule has 3 aliphatic heterocycles. The number of ether oxygens (including phenoxy) is 4. The summed E-state index contributed by atoms with van der Waals surface area (Å²) in [7, 11) is 1.47. The molecule has 5 rings (SSSR count). The molecule has 13 nitrogen and oxygen atoms in total. The van der Waals surface area contributed by atoms with Crippen molar-refractivity contribution in [2.24, 2.45) is 11.1 Å². The number of rotatable bonds is 10. The summed E-state index contributed by atoms with van der Waals surface area (Å²) in [5, 5.41) is 6.57. The minimum absolute atomic E-state index is 0.0132. The molecule has 1 aromatic carbocycles. The van der Waals surface area contributed by atoms with E-state index in [2.05, 4.69) is 10.5 Å². The Bertz CT molecular complexity index is 1630. The van der Waals surface area contributed by atoms with Crippen LogP contribution >= 0.6 is 0 Å². The Balaban J connectivity index is 1.49. The number of nitrogens with zero attached hydrogens (tertiary/aromatic N) is 3. The summed E-state index contributed by atoms with van der Waals surface area (Å²) >= 11 is 0. The topological polar surface area (TPSA) is 147 Å². The smallest absolute Gasteiger partial charge is 0.482 e. The number of carbonyl (C=O) groups is 3. The van der Waals surface area contributed by atoms with Gasteiger partial charge in [-0.25, -0.2) is 13.6 Å². The second-order valence-corrected chi connectivity index (χ2v) is 12.3. The third-order valence-corrected chi connectivity index (χ3v) is 8.73. The van der Waals surface area contributed by atoms with Crippen molar-refractivity contribution in [1.82, 2.24) is 14.8 Å². The van der Waals surface area contributed by atoms with E-state index in [1.165, 1.54) is 23.9 Å². The Morgan fingerprint density at radius 1 is 1.21 bits per heavy atom. The van der Waals surface area contributed by atoms with Crippen LogP contribution in [0.3, 0.4) is 0 Å². The summed E-state index contributed by atoms with van der Waals surface area (Å²) in [6.45, 7) is 5.11. The van der Waals surface area contributed by atoms with Gasteiger partial charge < -0.3 is 38.6 Å². The molecule has 1 spiro atoms. The molecular weight excluding hydrogens is 622 g/mol. The molecule has 1 aromatic heterocycles. The Kier molecular flexibility index (Phi) is 10.0. The normalized spacial score (nSPS) is 21.5. The summed E-state index contributed by atoms with van der Waals surface area (Å²) < 4.78 is 50.3. The molecule has 0 radical (unpaired) electrons. The average Bonchev–Trinajstić information content (AvgIpc) is 3.41. The van der Waals surface area contributed by atoms with E-state index in [1.54, 1.807) is 4.90 Å². The SMILES string of the molecule is COC1=NO[C@@]2(CC[C@H](C)N3C[C@H]2n2cc(C(=O)NCc4ccc(F)cc4F)c(=O)c(OCOC(=O)OCCCC(C)C)c2C3=O)C1. The zero-order valence-electron chi connectivity index (χ0n) is 26.7. The summed E-state index contributed by atoms with van der Waals surface area (Å²) in [6.07, 6.45) is 2.97. The molecule has 2 aromatic rings. The lowest BCUT2D eigenvalue weighted by Crippen LogP contribution is -2.52. The number of hydrogen-bond acceptors (Lipinski definition) is 10. The number of carbonyl (C=O) groups excluding carboxylic acids is 3. The molecular formula is C32H38F2N4O9. The van der Waals surface area contributed by atoms with Crippen LogP contribution in [0.15, 0.2) is 34.3 Å². The molecule has 1 N–H and O–H groups in total. The van der Waals surface area contributed by atoms with Gasteiger partial charge in [0.2, 0.25) is 23.9 Å². The van der Waals surface area contributed by atoms with E-state index in [0.717, 1.165) is 12.5 Å². The van der Waals surface area contributed by atoms with E-state index in [4.69, 9.17) is 23.8 Å². The minimum Gasteiger partial charge on any atom is -0.482 e. The predicted octanol–water partition coefficient (Wildman–Crippen LogP) is 4.28. The Morgan fingerprint density at radius 3 is 2.70 bits per heavy atom. The van der Waals surface area contributed by atoms with Gasteiger partial charge in [-0.3, -0.25) is 14.4 Å². The van der Waals surface area contributed by atoms with Crippen LogP contribution in [0.1, 0.15) is 85.3 Å². The number of nitrogens with one attached hydrogen (secondary N) is 1. The molecule has 0 saturated carbocycles. The lowest BCUT2D eigenvalue weighted by atomic mass is 9.85. The van der Waals surface area contributed by atoms with Gasteiger partial charge in [0.25, 0.3) is 11.8 Å². The summed E-state index contributed by atoms with van der Waals surface area (Å²) in [5.41, 5.74) is -2.55. The van der Waals surface area contributed by atoms with Crippen molar-refractivity contribution in [2.45, 2.75) is 77.1 Å². The largest absolute Gasteiger partial charge is 0.511 e. The number of pyridine rings is 1. The van der Waals surface area contributed by atoms with Gasteiger partial charge in [-0.15, -0.1) is 0 Å². The quantitative estimate of drug-likeness (QED) is 0.224. The van der Waals surface area contributed by atoms with Crippen LogP contribution in [-0.2, 0) is 25.6 Å². The third-order valence-electron chi connectivity index (χ3n) is 8.73. The minimum atomic E-state index is -1.03. The van der Waals surface area contributed by atoms with Crippen LogP contribution in [0.2, 0.25) is 0 Å². The molecule has 2 amide bonds. The summed E-state index contributed by atoms with van der Waals surface area (Å²) in [4.78, 5) is 61.1. The fraction of sp³-hybridized carbons (Fsp3) is 0.531. The highest BCUT2D eigenvalue weighted by molar-refractivity contribution is 5.99. The third kappa shape index (κ3) is 7.03. The first-order valence-corrected chi connectivity index (χ1v) is 15.5. The number of methoxy groups -OCH3 is 1. The Labute approximate surface area is 269 Å². The lowest BCUT2D eigenvalue weighted by molar-refractivity contribution is -0.0658. The molecule has 254 valence electrons. The Hall–Kier alpha value is -4.69. The van der Waals surface area contributed by atoms with Gasteiger partial charge in [0.15, 0.2) is 11.3 Å². The van der Waals surface area contributed by atoms with Crippen molar-refractivity contribution in [3.05, 3.63) is 63.1 Å². The maximum Gasteiger partial charge on any atom is 0.511 e. The second-order valence-electron chi connectivity index (χ2n) is 12.3. The predicted molar refractivity (Wildman–Crippen MR) is 162 cm³/mol. The number of hydrogen-bond donors (Lipinski definition) is 1. The number of halogens is 2. The zero-order chi connectivity index (χ0) is 33.9. The first-order chi connectivity index (χ1) is 22.4. The highest BCUT2D eigenvalue weighted by Gasteiger charge is 2.55. The van der Waals surface area contributed by atoms with Gasteiger partial charge in [0.1, 0.15) is 17.2 Å². The summed E-state index contributed by atoms with van der Waals surface area (Å²) in [5.74, 6) is -2.84. The first kappa shape index (κ1) is 33.7. The van der Waals surface area contributed by atoms with Crippen molar-refractivity contribution in [1.29, 1.82) is 0 Å². The Morgan fingerprint density at radius 2 is 2.00 bits per heavy atom. The van der Waals surface area contributed by atoms with Crippen LogP contribution in [-0.4, -0.2) is 72.0 Å². The maximum absolute atomic E-state index is 14.3. The first-order valence-electron chi connectivity index (χ1n) is 15.5. The summed E-state index contributed by atoms with van der Waals surface area (Å²) in [6, 6.07) is 2.00. The standard InChI is InChI=1S/C32H38F2N4O9/c1-18(2)6-5-11-44-31(42)46-17-45-28-26-30(41)37-16-24(32(10-9-19(37)3)13-25(43-4)36-47-32)38(26)15-22(27(28)39)29(40)35-14-20-7-8-21(33)12-23(20)34/h7-8,12,15,18-19,24H,5-6,9-11,13-14,16-17H2,1-4H3,(H,35,40)/t19-,24+,32-/m0/s1. The van der Waals surface area contributed by atoms with E-state index in [9.17, 15) is 28.0 Å². The fourth-order valence-electron chi connectivity index (χ4n) is 6.07. The van der Waals surface area contributed by atoms with Crippen LogP contribution in [0.25, 0.3) is 0 Å². The maximum atomic E-state index is 14.3. The van der Waals surface area contributed by atoms with Crippen molar-refractivity contribution in [3.8, 4) is 5.75 Å². The molecule has 47 heavy (non-hydrogen) atoms. The molecule has 15 heteroatoms. The lowest BCUT2D eigenvalue weighted by Gasteiger charge is -2.42. The van der Waals surface area contributed by atoms with Crippen molar-refractivity contribution >= 4 is 23.9 Å². The van der Waals surface area contributed by atoms with Crippen LogP contribution in [0.5, 0.6) is 5.75 Å². The van der Waals surface area contributed by atoms with Gasteiger partial charge in [0.05, 0.1) is 26.2 Å². The second kappa shape index (κ2) is 14.0. The van der Waals surface area contributed by atoms with Gasteiger partial charge in [-0.05, 0) is 44.6 Å². The van der Waals surface area contributed by atoms with E-state index in [0.29, 0.717) is 37.1 Å². The molecule has 3 atom stereocenters. The zero-order valence-corrected chi connectivity index (χ0v) is 26.7. The molecule has 1 fully saturated rings. The van der Waals surface area contributed by atoms with Crippen LogP contribution < -0.4 is 15.5 Å². The van der Waals surface area contributed by atoms with Crippen molar-refractivity contribution in [2.75, 3.05) is 27.1 Å². The van der Waals surface area contributed by atoms with Gasteiger partial charge >= 0.3 is 6.16 Å². The number of oxime groups is 1. The number of amides is 2. The highest BCUT2D eigenvalue weighted by atomic mass is 19.1. The number of aromatic nitrogens is 1. The van der Waals surface area contributed by atoms with Crippen molar-refractivity contribution in [3.63, 3.8) is 0 Å². The monoisotopic (exact) mass is 660 g/mol. The van der Waals surface area contributed by atoms with Crippen LogP contribution in [0.4, 0.5) is 13.6 Å². The average molecular weight is 661 g/mol. The van der Waals surface area contributed by atoms with Crippen LogP contribution in [0, 0.1) is 17.6 Å². The van der Waals surface area contributed by atoms with E-state index in [-0.39, 0.29) is 43.4 Å². The van der Waals surface area contributed by atoms with Gasteiger partial charge in [-0.1, -0.05) is 25.1 Å². The number of benzene rings is 1. The fourth-order valence-corrected chi connectivity index (χ4v) is 6.07. The van der Waals surface area contributed by atoms with Crippen molar-refractivity contribution < 1.29 is 46.9 Å². The number of fused-ring (bicyclic) bond motifs is 5. The molecule has 0 aliphatic carbocycles. The van der Waals surface area contributed by atoms with E-state index < -0.39 is 64.8 Å². The molecule has 2 bridgehead atoms. The van der Waals surface area contributed by atoms with Gasteiger partial charge in [-0.2, -0.15) is 0 Å². The molecule has 4 heterocycles. The van der Waals surface area contributed by atoms with E-state index in [1.807, 2.05) is 20.8 Å².